The van der Waals surface area contributed by atoms with Crippen LogP contribution in [0.5, 0.6) is 0 Å². The van der Waals surface area contributed by atoms with Gasteiger partial charge in [0.15, 0.2) is 0 Å². The summed E-state index contributed by atoms with van der Waals surface area (Å²) in [6, 6.07) is 14.5. The van der Waals surface area contributed by atoms with E-state index in [1.807, 2.05) is 18.2 Å². The maximum Gasteiger partial charge on any atom is 0.0930 e. The topological polar surface area (TPSA) is 28.7 Å². The van der Waals surface area contributed by atoms with Gasteiger partial charge in [0.2, 0.25) is 0 Å². The van der Waals surface area contributed by atoms with Crippen molar-refractivity contribution in [2.45, 2.75) is 6.92 Å². The summed E-state index contributed by atoms with van der Waals surface area (Å²) in [5.74, 6) is 0. The van der Waals surface area contributed by atoms with Crippen molar-refractivity contribution < 1.29 is 0 Å². The minimum atomic E-state index is 1.01. The lowest BCUT2D eigenvalue weighted by molar-refractivity contribution is 1.10. The molecule has 0 aliphatic rings. The van der Waals surface area contributed by atoms with E-state index in [2.05, 4.69) is 46.8 Å². The van der Waals surface area contributed by atoms with Crippen molar-refractivity contribution in [3.8, 4) is 21.8 Å². The molecule has 3 rings (SSSR count). The Bertz CT molecular complexity index is 623. The maximum absolute atomic E-state index is 4.38. The van der Waals surface area contributed by atoms with Gasteiger partial charge in [0.25, 0.3) is 0 Å². The molecule has 2 nitrogen and oxygen atoms in total. The second kappa shape index (κ2) is 4.18. The van der Waals surface area contributed by atoms with E-state index in [1.54, 1.807) is 11.3 Å². The molecule has 0 saturated heterocycles. The van der Waals surface area contributed by atoms with Crippen LogP contribution in [0.2, 0.25) is 0 Å². The van der Waals surface area contributed by atoms with Crippen molar-refractivity contribution in [1.82, 2.24) is 10.2 Å². The molecule has 0 fully saturated rings. The summed E-state index contributed by atoms with van der Waals surface area (Å²) in [5.41, 5.74) is 4.52. The Morgan fingerprint density at radius 1 is 1.12 bits per heavy atom. The average Bonchev–Trinajstić information content (AvgIpc) is 3.00. The number of nitrogens with one attached hydrogen (secondary N) is 1. The number of aromatic amines is 1. The number of hydrogen-bond donors (Lipinski definition) is 1. The second-order valence-corrected chi connectivity index (χ2v) is 4.91. The zero-order chi connectivity index (χ0) is 11.7. The summed E-state index contributed by atoms with van der Waals surface area (Å²) in [6.07, 6.45) is 0. The maximum atomic E-state index is 4.38. The molecule has 0 saturated carbocycles. The van der Waals surface area contributed by atoms with Crippen molar-refractivity contribution >= 4 is 11.3 Å². The zero-order valence-electron chi connectivity index (χ0n) is 9.47. The molecule has 1 aromatic carbocycles. The summed E-state index contributed by atoms with van der Waals surface area (Å²) < 4.78 is 0. The van der Waals surface area contributed by atoms with Gasteiger partial charge in [-0.2, -0.15) is 5.10 Å². The van der Waals surface area contributed by atoms with E-state index in [0.29, 0.717) is 0 Å². The predicted molar refractivity (Wildman–Crippen MR) is 72.1 cm³/mol. The van der Waals surface area contributed by atoms with Gasteiger partial charge in [-0.05, 0) is 30.0 Å². The van der Waals surface area contributed by atoms with Gasteiger partial charge < -0.3 is 0 Å². The monoisotopic (exact) mass is 240 g/mol. The zero-order valence-corrected chi connectivity index (χ0v) is 10.3. The van der Waals surface area contributed by atoms with Crippen LogP contribution in [0.1, 0.15) is 5.56 Å². The molecule has 2 heterocycles. The Morgan fingerprint density at radius 3 is 2.76 bits per heavy atom. The first-order valence-electron chi connectivity index (χ1n) is 5.50. The molecule has 0 spiro atoms. The fourth-order valence-electron chi connectivity index (χ4n) is 1.88. The lowest BCUT2D eigenvalue weighted by Crippen LogP contribution is -1.81. The Hall–Kier alpha value is -1.87. The smallest absolute Gasteiger partial charge is 0.0930 e. The van der Waals surface area contributed by atoms with E-state index < -0.39 is 0 Å². The first-order chi connectivity index (χ1) is 8.34. The number of rotatable bonds is 2. The average molecular weight is 240 g/mol. The van der Waals surface area contributed by atoms with Crippen LogP contribution >= 0.6 is 11.3 Å². The molecule has 0 aliphatic carbocycles. The van der Waals surface area contributed by atoms with Gasteiger partial charge in [-0.25, -0.2) is 0 Å². The number of aryl methyl sites for hydroxylation is 1. The third kappa shape index (κ3) is 1.89. The normalized spacial score (nSPS) is 10.6. The minimum absolute atomic E-state index is 1.01. The summed E-state index contributed by atoms with van der Waals surface area (Å²) in [7, 11) is 0. The summed E-state index contributed by atoms with van der Waals surface area (Å²) in [5, 5.41) is 9.55. The van der Waals surface area contributed by atoms with Crippen molar-refractivity contribution in [2.24, 2.45) is 0 Å². The highest BCUT2D eigenvalue weighted by Crippen LogP contribution is 2.28. The SMILES string of the molecule is Cc1ccccc1-c1cc(-c2cccs2)[nH]n1. The van der Waals surface area contributed by atoms with Gasteiger partial charge in [0.1, 0.15) is 0 Å². The van der Waals surface area contributed by atoms with Crippen LogP contribution in [0, 0.1) is 6.92 Å². The second-order valence-electron chi connectivity index (χ2n) is 3.96. The summed E-state index contributed by atoms with van der Waals surface area (Å²) in [6.45, 7) is 2.11. The number of benzene rings is 1. The standard InChI is InChI=1S/C14H12N2S/c1-10-5-2-3-6-11(10)12-9-13(16-15-12)14-7-4-8-17-14/h2-9H,1H3,(H,15,16). The van der Waals surface area contributed by atoms with E-state index in [1.165, 1.54) is 16.0 Å². The highest BCUT2D eigenvalue weighted by Gasteiger charge is 2.07. The molecule has 17 heavy (non-hydrogen) atoms. The molecule has 0 aliphatic heterocycles. The summed E-state index contributed by atoms with van der Waals surface area (Å²) >= 11 is 1.72. The van der Waals surface area contributed by atoms with Crippen molar-refractivity contribution in [1.29, 1.82) is 0 Å². The van der Waals surface area contributed by atoms with Gasteiger partial charge in [0.05, 0.1) is 16.3 Å². The Morgan fingerprint density at radius 2 is 2.00 bits per heavy atom. The van der Waals surface area contributed by atoms with Gasteiger partial charge in [0, 0.05) is 5.56 Å². The molecule has 0 bridgehead atoms. The molecule has 3 aromatic rings. The Labute approximate surface area is 104 Å². The van der Waals surface area contributed by atoms with Crippen LogP contribution in [0.4, 0.5) is 0 Å². The van der Waals surface area contributed by atoms with Crippen LogP contribution < -0.4 is 0 Å². The highest BCUT2D eigenvalue weighted by atomic mass is 32.1. The number of H-pyrrole nitrogens is 1. The van der Waals surface area contributed by atoms with Gasteiger partial charge in [-0.15, -0.1) is 11.3 Å². The fourth-order valence-corrected chi connectivity index (χ4v) is 2.57. The third-order valence-corrected chi connectivity index (χ3v) is 3.69. The first-order valence-corrected chi connectivity index (χ1v) is 6.38. The number of nitrogens with zero attached hydrogens (tertiary/aromatic N) is 1. The number of thiophene rings is 1. The van der Waals surface area contributed by atoms with Crippen LogP contribution in [0.15, 0.2) is 47.8 Å². The molecule has 2 aromatic heterocycles. The van der Waals surface area contributed by atoms with E-state index in [0.717, 1.165) is 11.4 Å². The summed E-state index contributed by atoms with van der Waals surface area (Å²) in [4.78, 5) is 1.22. The minimum Gasteiger partial charge on any atom is -0.276 e. The van der Waals surface area contributed by atoms with Crippen LogP contribution in [0.25, 0.3) is 21.8 Å². The molecule has 0 atom stereocenters. The Balaban J connectivity index is 2.04. The van der Waals surface area contributed by atoms with Gasteiger partial charge >= 0.3 is 0 Å². The lowest BCUT2D eigenvalue weighted by atomic mass is 10.1. The van der Waals surface area contributed by atoms with E-state index >= 15 is 0 Å². The lowest BCUT2D eigenvalue weighted by Gasteiger charge is -1.99. The van der Waals surface area contributed by atoms with Crippen molar-refractivity contribution in [3.05, 3.63) is 53.4 Å². The molecule has 3 heteroatoms. The largest absolute Gasteiger partial charge is 0.276 e. The van der Waals surface area contributed by atoms with E-state index in [9.17, 15) is 0 Å². The molecule has 84 valence electrons. The third-order valence-electron chi connectivity index (χ3n) is 2.79. The quantitative estimate of drug-likeness (QED) is 0.717. The van der Waals surface area contributed by atoms with Crippen molar-refractivity contribution in [3.63, 3.8) is 0 Å². The van der Waals surface area contributed by atoms with E-state index in [-0.39, 0.29) is 0 Å². The van der Waals surface area contributed by atoms with Crippen LogP contribution in [0.3, 0.4) is 0 Å². The van der Waals surface area contributed by atoms with Gasteiger partial charge in [-0.1, -0.05) is 30.3 Å². The van der Waals surface area contributed by atoms with Crippen LogP contribution in [-0.4, -0.2) is 10.2 Å². The molecule has 1 N–H and O–H groups in total. The first kappa shape index (κ1) is 10.3. The van der Waals surface area contributed by atoms with Crippen molar-refractivity contribution in [2.75, 3.05) is 0 Å². The number of hydrogen-bond acceptors (Lipinski definition) is 2. The Kier molecular flexibility index (Phi) is 2.53. The number of aromatic nitrogens is 2. The predicted octanol–water partition coefficient (Wildman–Crippen LogP) is 4.11. The highest BCUT2D eigenvalue weighted by molar-refractivity contribution is 7.13. The molecule has 0 unspecified atom stereocenters. The molecule has 0 amide bonds. The molecular formula is C14H12N2S. The molecule has 0 radical (unpaired) electrons. The fraction of sp³-hybridized carbons (Fsp3) is 0.0714. The van der Waals surface area contributed by atoms with Gasteiger partial charge in [-0.3, -0.25) is 5.10 Å². The van der Waals surface area contributed by atoms with Crippen LogP contribution in [-0.2, 0) is 0 Å². The van der Waals surface area contributed by atoms with E-state index in [4.69, 9.17) is 0 Å². The molecular weight excluding hydrogens is 228 g/mol.